The third-order valence-corrected chi connectivity index (χ3v) is 10.6. The van der Waals surface area contributed by atoms with Crippen LogP contribution in [0.25, 0.3) is 83.9 Å². The number of benzene rings is 7. The first-order valence-electron chi connectivity index (χ1n) is 17.8. The molecule has 0 bridgehead atoms. The molecule has 0 spiro atoms. The van der Waals surface area contributed by atoms with E-state index in [0.717, 1.165) is 72.8 Å². The number of rotatable bonds is 5. The summed E-state index contributed by atoms with van der Waals surface area (Å²) in [4.78, 5) is 15.5. The Labute approximate surface area is 302 Å². The van der Waals surface area contributed by atoms with Gasteiger partial charge in [0.25, 0.3) is 0 Å². The van der Waals surface area contributed by atoms with Gasteiger partial charge in [-0.2, -0.15) is 0 Å². The van der Waals surface area contributed by atoms with Crippen molar-refractivity contribution in [2.24, 2.45) is 0 Å². The van der Waals surface area contributed by atoms with E-state index in [-0.39, 0.29) is 5.41 Å². The molecule has 0 radical (unpaired) electrons. The van der Waals surface area contributed by atoms with Crippen LogP contribution >= 0.6 is 0 Å². The molecule has 10 rings (SSSR count). The molecular weight excluding hydrogens is 633 g/mol. The molecule has 4 heteroatoms. The fourth-order valence-electron chi connectivity index (χ4n) is 7.94. The highest BCUT2D eigenvalue weighted by Gasteiger charge is 2.35. The molecule has 2 heterocycles. The molecular formula is C48H34N4. The number of hydrogen-bond acceptors (Lipinski definition) is 3. The van der Waals surface area contributed by atoms with Crippen LogP contribution < -0.4 is 0 Å². The Balaban J connectivity index is 1.02. The standard InChI is InChI=1S/C48H34N4/c1-48(2)39-15-7-6-14-37(39)38-29-28-35(30-40(38)48)46-45(49-41-16-8-9-17-42(41)50-46)33-24-20-31(21-25-33)32-22-26-34(27-23-32)47-51-43-18-10-11-19-44(43)52(47)36-12-4-3-5-13-36/h3-30H,1-2H3. The molecule has 0 saturated carbocycles. The molecule has 0 aliphatic heterocycles. The van der Waals surface area contributed by atoms with E-state index in [4.69, 9.17) is 15.0 Å². The minimum atomic E-state index is -0.0995. The molecule has 52 heavy (non-hydrogen) atoms. The largest absolute Gasteiger partial charge is 0.292 e. The van der Waals surface area contributed by atoms with Gasteiger partial charge < -0.3 is 0 Å². The van der Waals surface area contributed by atoms with Gasteiger partial charge in [0.05, 0.1) is 33.5 Å². The molecule has 0 N–H and O–H groups in total. The average molecular weight is 667 g/mol. The number of nitrogens with zero attached hydrogens (tertiary/aromatic N) is 4. The van der Waals surface area contributed by atoms with E-state index in [1.54, 1.807) is 0 Å². The highest BCUT2D eigenvalue weighted by molar-refractivity contribution is 5.90. The second kappa shape index (κ2) is 11.7. The SMILES string of the molecule is CC1(C)c2ccccc2-c2ccc(-c3nc4ccccc4nc3-c3ccc(-c4ccc(-c5nc6ccccc6n5-c5ccccc5)cc4)cc3)cc21. The molecule has 1 aliphatic carbocycles. The van der Waals surface area contributed by atoms with E-state index in [1.807, 2.05) is 36.4 Å². The van der Waals surface area contributed by atoms with Crippen molar-refractivity contribution in [1.82, 2.24) is 19.5 Å². The van der Waals surface area contributed by atoms with E-state index in [9.17, 15) is 0 Å². The molecule has 7 aromatic carbocycles. The number of imidazole rings is 1. The van der Waals surface area contributed by atoms with Crippen molar-refractivity contribution in [1.29, 1.82) is 0 Å². The lowest BCUT2D eigenvalue weighted by atomic mass is 9.81. The molecule has 9 aromatic rings. The summed E-state index contributed by atoms with van der Waals surface area (Å²) >= 11 is 0. The lowest BCUT2D eigenvalue weighted by molar-refractivity contribution is 0.660. The molecule has 2 aromatic heterocycles. The van der Waals surface area contributed by atoms with Crippen molar-refractivity contribution in [3.63, 3.8) is 0 Å². The summed E-state index contributed by atoms with van der Waals surface area (Å²) < 4.78 is 2.24. The van der Waals surface area contributed by atoms with E-state index in [2.05, 4.69) is 152 Å². The van der Waals surface area contributed by atoms with Crippen LogP contribution in [0.4, 0.5) is 0 Å². The molecule has 0 unspecified atom stereocenters. The van der Waals surface area contributed by atoms with Crippen LogP contribution in [-0.4, -0.2) is 19.5 Å². The first-order valence-corrected chi connectivity index (χ1v) is 17.8. The maximum absolute atomic E-state index is 5.24. The first kappa shape index (κ1) is 30.2. The third kappa shape index (κ3) is 4.79. The summed E-state index contributed by atoms with van der Waals surface area (Å²) in [6.45, 7) is 4.64. The monoisotopic (exact) mass is 666 g/mol. The minimum Gasteiger partial charge on any atom is -0.292 e. The third-order valence-electron chi connectivity index (χ3n) is 10.6. The molecule has 0 saturated heterocycles. The zero-order chi connectivity index (χ0) is 34.8. The highest BCUT2D eigenvalue weighted by atomic mass is 15.1. The van der Waals surface area contributed by atoms with Crippen molar-refractivity contribution in [3.05, 3.63) is 181 Å². The summed E-state index contributed by atoms with van der Waals surface area (Å²) in [7, 11) is 0. The van der Waals surface area contributed by atoms with Crippen LogP contribution in [0.5, 0.6) is 0 Å². The van der Waals surface area contributed by atoms with Crippen LogP contribution in [0.15, 0.2) is 170 Å². The van der Waals surface area contributed by atoms with Crippen LogP contribution in [0, 0.1) is 0 Å². The maximum Gasteiger partial charge on any atom is 0.145 e. The van der Waals surface area contributed by atoms with Gasteiger partial charge in [-0.1, -0.05) is 141 Å². The highest BCUT2D eigenvalue weighted by Crippen LogP contribution is 2.50. The van der Waals surface area contributed by atoms with Crippen molar-refractivity contribution < 1.29 is 0 Å². The van der Waals surface area contributed by atoms with Gasteiger partial charge in [0, 0.05) is 27.8 Å². The molecule has 4 nitrogen and oxygen atoms in total. The van der Waals surface area contributed by atoms with E-state index in [1.165, 1.54) is 22.3 Å². The quantitative estimate of drug-likeness (QED) is 0.184. The summed E-state index contributed by atoms with van der Waals surface area (Å²) in [5.41, 5.74) is 17.4. The predicted octanol–water partition coefficient (Wildman–Crippen LogP) is 11.9. The Morgan fingerprint density at radius 2 is 0.923 bits per heavy atom. The van der Waals surface area contributed by atoms with E-state index >= 15 is 0 Å². The average Bonchev–Trinajstić information content (AvgIpc) is 3.70. The molecule has 246 valence electrons. The normalized spacial score (nSPS) is 13.0. The molecule has 0 atom stereocenters. The number of hydrogen-bond donors (Lipinski definition) is 0. The molecule has 1 aliphatic rings. The zero-order valence-electron chi connectivity index (χ0n) is 29.0. The fourth-order valence-corrected chi connectivity index (χ4v) is 7.94. The maximum atomic E-state index is 5.24. The van der Waals surface area contributed by atoms with Crippen LogP contribution in [-0.2, 0) is 5.41 Å². The smallest absolute Gasteiger partial charge is 0.145 e. The van der Waals surface area contributed by atoms with Gasteiger partial charge in [0.2, 0.25) is 0 Å². The van der Waals surface area contributed by atoms with Crippen LogP contribution in [0.2, 0.25) is 0 Å². The van der Waals surface area contributed by atoms with Crippen molar-refractivity contribution in [2.45, 2.75) is 19.3 Å². The Hall–Kier alpha value is -6.65. The van der Waals surface area contributed by atoms with Gasteiger partial charge in [0.15, 0.2) is 0 Å². The topological polar surface area (TPSA) is 43.6 Å². The van der Waals surface area contributed by atoms with Gasteiger partial charge >= 0.3 is 0 Å². The summed E-state index contributed by atoms with van der Waals surface area (Å²) in [5.74, 6) is 0.926. The van der Waals surface area contributed by atoms with Gasteiger partial charge in [0.1, 0.15) is 5.82 Å². The lowest BCUT2D eigenvalue weighted by Gasteiger charge is -2.22. The lowest BCUT2D eigenvalue weighted by Crippen LogP contribution is -2.15. The number of aromatic nitrogens is 4. The summed E-state index contributed by atoms with van der Waals surface area (Å²) in [5, 5.41) is 0. The van der Waals surface area contributed by atoms with Crippen molar-refractivity contribution in [2.75, 3.05) is 0 Å². The van der Waals surface area contributed by atoms with Crippen LogP contribution in [0.1, 0.15) is 25.0 Å². The Morgan fingerprint density at radius 1 is 0.404 bits per heavy atom. The van der Waals surface area contributed by atoms with Gasteiger partial charge in [-0.15, -0.1) is 0 Å². The second-order valence-electron chi connectivity index (χ2n) is 14.1. The Kier molecular flexibility index (Phi) is 6.80. The Bertz CT molecular complexity index is 2790. The molecule has 0 amide bonds. The number of para-hydroxylation sites is 5. The van der Waals surface area contributed by atoms with Crippen LogP contribution in [0.3, 0.4) is 0 Å². The minimum absolute atomic E-state index is 0.0995. The fraction of sp³-hybridized carbons (Fsp3) is 0.0625. The summed E-state index contributed by atoms with van der Waals surface area (Å²) in [6.07, 6.45) is 0. The molecule has 0 fully saturated rings. The summed E-state index contributed by atoms with van der Waals surface area (Å²) in [6, 6.07) is 59.9. The zero-order valence-corrected chi connectivity index (χ0v) is 29.0. The van der Waals surface area contributed by atoms with Gasteiger partial charge in [-0.3, -0.25) is 4.57 Å². The van der Waals surface area contributed by atoms with Gasteiger partial charge in [-0.25, -0.2) is 15.0 Å². The predicted molar refractivity (Wildman–Crippen MR) is 213 cm³/mol. The van der Waals surface area contributed by atoms with Crippen molar-refractivity contribution >= 4 is 22.1 Å². The first-order chi connectivity index (χ1) is 25.5. The Morgan fingerprint density at radius 3 is 1.63 bits per heavy atom. The number of fused-ring (bicyclic) bond motifs is 5. The van der Waals surface area contributed by atoms with E-state index < -0.39 is 0 Å². The second-order valence-corrected chi connectivity index (χ2v) is 14.1. The van der Waals surface area contributed by atoms with Gasteiger partial charge in [-0.05, 0) is 75.8 Å². The van der Waals surface area contributed by atoms with Crippen molar-refractivity contribution in [3.8, 4) is 61.8 Å². The van der Waals surface area contributed by atoms with E-state index in [0.29, 0.717) is 0 Å².